The van der Waals surface area contributed by atoms with Crippen LogP contribution in [0.1, 0.15) is 5.56 Å². The van der Waals surface area contributed by atoms with Crippen molar-refractivity contribution in [3.63, 3.8) is 0 Å². The van der Waals surface area contributed by atoms with Gasteiger partial charge in [0.25, 0.3) is 0 Å². The molecule has 2 nitrogen and oxygen atoms in total. The summed E-state index contributed by atoms with van der Waals surface area (Å²) >= 11 is 3.44. The molecule has 0 spiro atoms. The second-order valence-corrected chi connectivity index (χ2v) is 4.03. The summed E-state index contributed by atoms with van der Waals surface area (Å²) in [4.78, 5) is 0. The van der Waals surface area contributed by atoms with Crippen LogP contribution in [0.25, 0.3) is 0 Å². The second-order valence-electron chi connectivity index (χ2n) is 3.18. The Kier molecular flexibility index (Phi) is 2.56. The van der Waals surface area contributed by atoms with Gasteiger partial charge in [-0.2, -0.15) is 0 Å². The third-order valence-electron chi connectivity index (χ3n) is 1.97. The summed E-state index contributed by atoms with van der Waals surface area (Å²) in [6, 6.07) is 5.98. The maximum Gasteiger partial charge on any atom is 0.119 e. The van der Waals surface area contributed by atoms with Gasteiger partial charge in [-0.3, -0.25) is 0 Å². The number of epoxide rings is 1. The van der Waals surface area contributed by atoms with E-state index in [1.54, 1.807) is 0 Å². The average Bonchev–Trinajstić information content (AvgIpc) is 2.91. The summed E-state index contributed by atoms with van der Waals surface area (Å²) in [7, 11) is 0. The Hall–Kier alpha value is -0.540. The molecule has 0 amide bonds. The molecule has 0 radical (unpaired) electrons. The molecule has 70 valence electrons. The number of benzene rings is 1. The molecule has 0 aromatic heterocycles. The number of hydrogen-bond donors (Lipinski definition) is 0. The zero-order valence-electron chi connectivity index (χ0n) is 7.42. The Balaban J connectivity index is 1.98. The van der Waals surface area contributed by atoms with Crippen molar-refractivity contribution >= 4 is 15.9 Å². The smallest absolute Gasteiger partial charge is 0.119 e. The van der Waals surface area contributed by atoms with E-state index in [1.807, 2.05) is 25.1 Å². The normalized spacial score (nSPS) is 20.0. The maximum atomic E-state index is 5.52. The molecule has 0 bridgehead atoms. The average molecular weight is 243 g/mol. The van der Waals surface area contributed by atoms with Crippen LogP contribution in [0.5, 0.6) is 5.75 Å². The van der Waals surface area contributed by atoms with Gasteiger partial charge in [-0.05, 0) is 30.7 Å². The molecule has 1 aromatic carbocycles. The first-order valence-corrected chi connectivity index (χ1v) is 5.05. The van der Waals surface area contributed by atoms with E-state index in [-0.39, 0.29) is 0 Å². The van der Waals surface area contributed by atoms with Crippen molar-refractivity contribution in [3.8, 4) is 5.75 Å². The summed E-state index contributed by atoms with van der Waals surface area (Å²) in [6.07, 6.45) is 0.323. The monoisotopic (exact) mass is 242 g/mol. The van der Waals surface area contributed by atoms with E-state index in [4.69, 9.17) is 9.47 Å². The lowest BCUT2D eigenvalue weighted by molar-refractivity contribution is 0.263. The molecule has 1 saturated heterocycles. The van der Waals surface area contributed by atoms with Gasteiger partial charge in [0.2, 0.25) is 0 Å². The molecule has 3 heteroatoms. The van der Waals surface area contributed by atoms with Gasteiger partial charge in [0, 0.05) is 4.47 Å². The third-order valence-corrected chi connectivity index (χ3v) is 2.86. The van der Waals surface area contributed by atoms with Crippen LogP contribution in [-0.4, -0.2) is 19.3 Å². The summed E-state index contributed by atoms with van der Waals surface area (Å²) in [5.41, 5.74) is 1.19. The molecule has 1 fully saturated rings. The van der Waals surface area contributed by atoms with Crippen LogP contribution in [0.3, 0.4) is 0 Å². The minimum absolute atomic E-state index is 0.323. The van der Waals surface area contributed by atoms with E-state index in [1.165, 1.54) is 5.56 Å². The van der Waals surface area contributed by atoms with Crippen LogP contribution in [-0.2, 0) is 4.74 Å². The van der Waals surface area contributed by atoms with Crippen LogP contribution in [0, 0.1) is 6.92 Å². The molecule has 2 rings (SSSR count). The summed E-state index contributed by atoms with van der Waals surface area (Å²) in [5.74, 6) is 0.913. The number of hydrogen-bond acceptors (Lipinski definition) is 2. The lowest BCUT2D eigenvalue weighted by Crippen LogP contribution is -2.03. The predicted molar refractivity (Wildman–Crippen MR) is 54.1 cm³/mol. The fourth-order valence-corrected chi connectivity index (χ4v) is 1.31. The Morgan fingerprint density at radius 2 is 2.38 bits per heavy atom. The van der Waals surface area contributed by atoms with Gasteiger partial charge in [-0.1, -0.05) is 15.9 Å². The summed E-state index contributed by atoms with van der Waals surface area (Å²) in [6.45, 7) is 3.56. The van der Waals surface area contributed by atoms with Crippen LogP contribution in [0.4, 0.5) is 0 Å². The SMILES string of the molecule is Cc1cc(OC[C@H]2CO2)ccc1Br. The highest BCUT2D eigenvalue weighted by Gasteiger charge is 2.22. The van der Waals surface area contributed by atoms with E-state index in [2.05, 4.69) is 15.9 Å². The molecular formula is C10H11BrO2. The number of aryl methyl sites for hydroxylation is 1. The highest BCUT2D eigenvalue weighted by atomic mass is 79.9. The van der Waals surface area contributed by atoms with E-state index < -0.39 is 0 Å². The van der Waals surface area contributed by atoms with E-state index in [9.17, 15) is 0 Å². The van der Waals surface area contributed by atoms with Crippen molar-refractivity contribution < 1.29 is 9.47 Å². The van der Waals surface area contributed by atoms with Crippen LogP contribution in [0.15, 0.2) is 22.7 Å². The van der Waals surface area contributed by atoms with E-state index in [0.29, 0.717) is 12.7 Å². The lowest BCUT2D eigenvalue weighted by Gasteiger charge is -2.05. The first kappa shape index (κ1) is 9.03. The van der Waals surface area contributed by atoms with Crippen molar-refractivity contribution in [2.75, 3.05) is 13.2 Å². The Bertz CT molecular complexity index is 308. The minimum atomic E-state index is 0.323. The van der Waals surface area contributed by atoms with E-state index in [0.717, 1.165) is 16.8 Å². The number of halogens is 1. The standard InChI is InChI=1S/C10H11BrO2/c1-7-4-8(2-3-10(7)11)12-5-9-6-13-9/h2-4,9H,5-6H2,1H3/t9-/m0/s1. The Morgan fingerprint density at radius 3 is 3.00 bits per heavy atom. The van der Waals surface area contributed by atoms with Gasteiger partial charge in [-0.15, -0.1) is 0 Å². The highest BCUT2D eigenvalue weighted by Crippen LogP contribution is 2.22. The van der Waals surface area contributed by atoms with Gasteiger partial charge in [0.15, 0.2) is 0 Å². The van der Waals surface area contributed by atoms with Crippen molar-refractivity contribution in [2.24, 2.45) is 0 Å². The molecule has 1 heterocycles. The van der Waals surface area contributed by atoms with Gasteiger partial charge in [0.1, 0.15) is 18.5 Å². The van der Waals surface area contributed by atoms with Crippen LogP contribution in [0.2, 0.25) is 0 Å². The van der Waals surface area contributed by atoms with E-state index >= 15 is 0 Å². The highest BCUT2D eigenvalue weighted by molar-refractivity contribution is 9.10. The van der Waals surface area contributed by atoms with Gasteiger partial charge >= 0.3 is 0 Å². The molecule has 0 N–H and O–H groups in total. The fraction of sp³-hybridized carbons (Fsp3) is 0.400. The topological polar surface area (TPSA) is 21.8 Å². The summed E-state index contributed by atoms with van der Waals surface area (Å²) < 4.78 is 11.7. The third kappa shape index (κ3) is 2.45. The molecular weight excluding hydrogens is 232 g/mol. The molecule has 1 aromatic rings. The number of ether oxygens (including phenoxy) is 2. The molecule has 1 atom stereocenters. The lowest BCUT2D eigenvalue weighted by atomic mass is 10.2. The quantitative estimate of drug-likeness (QED) is 0.761. The molecule has 0 aliphatic carbocycles. The predicted octanol–water partition coefficient (Wildman–Crippen LogP) is 2.54. The largest absolute Gasteiger partial charge is 0.491 e. The van der Waals surface area contributed by atoms with Crippen molar-refractivity contribution in [1.29, 1.82) is 0 Å². The molecule has 0 saturated carbocycles. The first-order chi connectivity index (χ1) is 6.25. The maximum absolute atomic E-state index is 5.52. The van der Waals surface area contributed by atoms with Gasteiger partial charge < -0.3 is 9.47 Å². The number of rotatable bonds is 3. The fourth-order valence-electron chi connectivity index (χ4n) is 1.06. The van der Waals surface area contributed by atoms with Crippen molar-refractivity contribution in [1.82, 2.24) is 0 Å². The molecule has 1 aliphatic rings. The van der Waals surface area contributed by atoms with Gasteiger partial charge in [0.05, 0.1) is 6.61 Å². The zero-order valence-corrected chi connectivity index (χ0v) is 9.00. The van der Waals surface area contributed by atoms with Crippen LogP contribution >= 0.6 is 15.9 Å². The molecule has 0 unspecified atom stereocenters. The second kappa shape index (κ2) is 3.68. The zero-order chi connectivity index (χ0) is 9.26. The molecule has 1 aliphatic heterocycles. The van der Waals surface area contributed by atoms with Crippen molar-refractivity contribution in [3.05, 3.63) is 28.2 Å². The van der Waals surface area contributed by atoms with Crippen LogP contribution < -0.4 is 4.74 Å². The Morgan fingerprint density at radius 1 is 1.62 bits per heavy atom. The summed E-state index contributed by atoms with van der Waals surface area (Å²) in [5, 5.41) is 0. The van der Waals surface area contributed by atoms with Gasteiger partial charge in [-0.25, -0.2) is 0 Å². The first-order valence-electron chi connectivity index (χ1n) is 4.26. The molecule has 13 heavy (non-hydrogen) atoms. The van der Waals surface area contributed by atoms with Crippen molar-refractivity contribution in [2.45, 2.75) is 13.0 Å². The minimum Gasteiger partial charge on any atom is -0.491 e. The Labute approximate surface area is 86.0 Å².